The zero-order chi connectivity index (χ0) is 16.7. The molecule has 23 heavy (non-hydrogen) atoms. The van der Waals surface area contributed by atoms with Crippen molar-refractivity contribution in [3.8, 4) is 0 Å². The number of amides is 2. The molecule has 1 unspecified atom stereocenters. The van der Waals surface area contributed by atoms with Crippen LogP contribution in [0.4, 0.5) is 4.79 Å². The second-order valence-electron chi connectivity index (χ2n) is 5.61. The van der Waals surface area contributed by atoms with E-state index in [4.69, 9.17) is 4.42 Å². The van der Waals surface area contributed by atoms with Gasteiger partial charge in [-0.3, -0.25) is 0 Å². The number of carbonyl (C=O) groups is 1. The normalized spacial score (nSPS) is 12.0. The van der Waals surface area contributed by atoms with Crippen LogP contribution in [-0.2, 0) is 5.75 Å². The second-order valence-corrected chi connectivity index (χ2v) is 6.71. The van der Waals surface area contributed by atoms with Gasteiger partial charge in [-0.05, 0) is 38.5 Å². The number of hydrogen-bond donors (Lipinski definition) is 2. The molecule has 1 atom stereocenters. The summed E-state index contributed by atoms with van der Waals surface area (Å²) in [5.41, 5.74) is 2.59. The highest BCUT2D eigenvalue weighted by atomic mass is 32.2. The zero-order valence-electron chi connectivity index (χ0n) is 13.9. The first kappa shape index (κ1) is 17.5. The van der Waals surface area contributed by atoms with Gasteiger partial charge in [0.05, 0.1) is 6.04 Å². The lowest BCUT2D eigenvalue weighted by atomic mass is 10.2. The Kier molecular flexibility index (Phi) is 6.59. The third kappa shape index (κ3) is 6.02. The summed E-state index contributed by atoms with van der Waals surface area (Å²) in [5, 5.41) is 5.74. The summed E-state index contributed by atoms with van der Waals surface area (Å²) in [5.74, 6) is 3.47. The van der Waals surface area contributed by atoms with Gasteiger partial charge in [-0.1, -0.05) is 29.8 Å². The lowest BCUT2D eigenvalue weighted by Gasteiger charge is -2.12. The van der Waals surface area contributed by atoms with Gasteiger partial charge in [-0.15, -0.1) is 0 Å². The number of urea groups is 1. The molecule has 0 spiro atoms. The van der Waals surface area contributed by atoms with Gasteiger partial charge >= 0.3 is 6.03 Å². The van der Waals surface area contributed by atoms with E-state index in [1.165, 1.54) is 11.1 Å². The van der Waals surface area contributed by atoms with Gasteiger partial charge in [0.25, 0.3) is 0 Å². The highest BCUT2D eigenvalue weighted by molar-refractivity contribution is 7.98. The summed E-state index contributed by atoms with van der Waals surface area (Å²) in [6, 6.07) is 12.0. The van der Waals surface area contributed by atoms with Crippen LogP contribution in [-0.4, -0.2) is 18.3 Å². The largest absolute Gasteiger partial charge is 0.464 e. The minimum atomic E-state index is -0.164. The Hall–Kier alpha value is -1.88. The van der Waals surface area contributed by atoms with Crippen molar-refractivity contribution in [2.24, 2.45) is 0 Å². The van der Waals surface area contributed by atoms with Crippen LogP contribution in [0.15, 0.2) is 40.8 Å². The summed E-state index contributed by atoms with van der Waals surface area (Å²) < 4.78 is 5.50. The number of nitrogens with one attached hydrogen (secondary N) is 2. The Morgan fingerprint density at radius 3 is 2.57 bits per heavy atom. The van der Waals surface area contributed by atoms with E-state index in [9.17, 15) is 4.79 Å². The minimum absolute atomic E-state index is 0.135. The molecule has 1 heterocycles. The number of rotatable bonds is 7. The van der Waals surface area contributed by atoms with Crippen molar-refractivity contribution in [3.05, 3.63) is 59.0 Å². The van der Waals surface area contributed by atoms with Crippen LogP contribution in [0.5, 0.6) is 0 Å². The van der Waals surface area contributed by atoms with Crippen LogP contribution >= 0.6 is 11.8 Å². The van der Waals surface area contributed by atoms with Crippen LogP contribution in [0.25, 0.3) is 0 Å². The Bertz CT molecular complexity index is 622. The third-order valence-electron chi connectivity index (χ3n) is 3.46. The van der Waals surface area contributed by atoms with Crippen LogP contribution in [0.3, 0.4) is 0 Å². The van der Waals surface area contributed by atoms with Crippen molar-refractivity contribution >= 4 is 17.8 Å². The van der Waals surface area contributed by atoms with E-state index in [1.54, 1.807) is 0 Å². The fraction of sp³-hybridized carbons (Fsp3) is 0.389. The topological polar surface area (TPSA) is 54.3 Å². The van der Waals surface area contributed by atoms with E-state index in [2.05, 4.69) is 41.8 Å². The van der Waals surface area contributed by atoms with Gasteiger partial charge in [0.1, 0.15) is 11.5 Å². The molecule has 2 aromatic rings. The number of benzene rings is 1. The molecule has 1 aromatic heterocycles. The van der Waals surface area contributed by atoms with Crippen molar-refractivity contribution in [1.29, 1.82) is 0 Å². The Labute approximate surface area is 142 Å². The summed E-state index contributed by atoms with van der Waals surface area (Å²) in [6.45, 7) is 6.53. The maximum Gasteiger partial charge on any atom is 0.315 e. The van der Waals surface area contributed by atoms with E-state index in [-0.39, 0.29) is 12.1 Å². The van der Waals surface area contributed by atoms with E-state index in [0.717, 1.165) is 23.0 Å². The Morgan fingerprint density at radius 2 is 1.91 bits per heavy atom. The molecule has 1 aromatic carbocycles. The maximum absolute atomic E-state index is 11.8. The fourth-order valence-corrected chi connectivity index (χ4v) is 2.93. The molecule has 0 radical (unpaired) electrons. The van der Waals surface area contributed by atoms with Crippen LogP contribution in [0, 0.1) is 13.8 Å². The lowest BCUT2D eigenvalue weighted by Crippen LogP contribution is -2.38. The SMILES string of the molecule is Cc1ccc(CSCCNC(=O)NC(C)c2ccc(C)o2)cc1. The smallest absolute Gasteiger partial charge is 0.315 e. The molecule has 0 bridgehead atoms. The summed E-state index contributed by atoms with van der Waals surface area (Å²) >= 11 is 1.81. The highest BCUT2D eigenvalue weighted by Crippen LogP contribution is 2.15. The second kappa shape index (κ2) is 8.67. The third-order valence-corrected chi connectivity index (χ3v) is 4.49. The number of furan rings is 1. The highest BCUT2D eigenvalue weighted by Gasteiger charge is 2.11. The molecule has 4 nitrogen and oxygen atoms in total. The van der Waals surface area contributed by atoms with Gasteiger partial charge in [0.2, 0.25) is 0 Å². The lowest BCUT2D eigenvalue weighted by molar-refractivity contribution is 0.236. The molecular weight excluding hydrogens is 308 g/mol. The number of aryl methyl sites for hydroxylation is 2. The molecule has 0 saturated heterocycles. The number of thioether (sulfide) groups is 1. The zero-order valence-corrected chi connectivity index (χ0v) is 14.7. The first-order chi connectivity index (χ1) is 11.0. The first-order valence-electron chi connectivity index (χ1n) is 7.78. The van der Waals surface area contributed by atoms with Crippen molar-refractivity contribution < 1.29 is 9.21 Å². The van der Waals surface area contributed by atoms with Gasteiger partial charge in [-0.2, -0.15) is 11.8 Å². The van der Waals surface area contributed by atoms with Crippen LogP contribution < -0.4 is 10.6 Å². The van der Waals surface area contributed by atoms with Gasteiger partial charge < -0.3 is 15.1 Å². The number of hydrogen-bond acceptors (Lipinski definition) is 3. The van der Waals surface area contributed by atoms with Crippen LogP contribution in [0.1, 0.15) is 35.6 Å². The van der Waals surface area contributed by atoms with E-state index in [0.29, 0.717) is 6.54 Å². The Morgan fingerprint density at radius 1 is 1.17 bits per heavy atom. The van der Waals surface area contributed by atoms with Crippen molar-refractivity contribution in [3.63, 3.8) is 0 Å². The first-order valence-corrected chi connectivity index (χ1v) is 8.94. The molecule has 0 aliphatic carbocycles. The van der Waals surface area contributed by atoms with Crippen molar-refractivity contribution in [1.82, 2.24) is 10.6 Å². The van der Waals surface area contributed by atoms with E-state index < -0.39 is 0 Å². The monoisotopic (exact) mass is 332 g/mol. The quantitative estimate of drug-likeness (QED) is 0.748. The average molecular weight is 332 g/mol. The van der Waals surface area contributed by atoms with E-state index in [1.807, 2.05) is 37.7 Å². The van der Waals surface area contributed by atoms with Crippen molar-refractivity contribution in [2.45, 2.75) is 32.6 Å². The summed E-state index contributed by atoms with van der Waals surface area (Å²) in [6.07, 6.45) is 0. The van der Waals surface area contributed by atoms with Crippen molar-refractivity contribution in [2.75, 3.05) is 12.3 Å². The average Bonchev–Trinajstić information content (AvgIpc) is 2.95. The standard InChI is InChI=1S/C18H24N2O2S/c1-13-4-7-16(8-5-13)12-23-11-10-19-18(21)20-15(3)17-9-6-14(2)22-17/h4-9,15H,10-12H2,1-3H3,(H2,19,20,21). The Balaban J connectivity index is 1.60. The summed E-state index contributed by atoms with van der Waals surface area (Å²) in [7, 11) is 0. The predicted octanol–water partition coefficient (Wildman–Crippen LogP) is 4.19. The summed E-state index contributed by atoms with van der Waals surface area (Å²) in [4.78, 5) is 11.8. The molecule has 2 rings (SSSR count). The molecule has 2 amide bonds. The molecule has 124 valence electrons. The maximum atomic E-state index is 11.8. The molecule has 0 aliphatic rings. The molecular formula is C18H24N2O2S. The van der Waals surface area contributed by atoms with Gasteiger partial charge in [-0.25, -0.2) is 4.79 Å². The molecule has 0 saturated carbocycles. The molecule has 2 N–H and O–H groups in total. The van der Waals surface area contributed by atoms with Gasteiger partial charge in [0.15, 0.2) is 0 Å². The number of carbonyl (C=O) groups excluding carboxylic acids is 1. The van der Waals surface area contributed by atoms with E-state index >= 15 is 0 Å². The van der Waals surface area contributed by atoms with Gasteiger partial charge in [0, 0.05) is 18.1 Å². The molecule has 5 heteroatoms. The molecule has 0 aliphatic heterocycles. The fourth-order valence-electron chi connectivity index (χ4n) is 2.12. The predicted molar refractivity (Wildman–Crippen MR) is 95.7 cm³/mol. The minimum Gasteiger partial charge on any atom is -0.464 e. The van der Waals surface area contributed by atoms with Crippen LogP contribution in [0.2, 0.25) is 0 Å². The molecule has 0 fully saturated rings.